The van der Waals surface area contributed by atoms with Crippen LogP contribution < -0.4 is 5.63 Å². The van der Waals surface area contributed by atoms with Gasteiger partial charge in [0.1, 0.15) is 5.76 Å². The summed E-state index contributed by atoms with van der Waals surface area (Å²) in [5.41, 5.74) is -0.388. The number of fused-ring (bicyclic) bond motifs is 1. The molecule has 0 bridgehead atoms. The average Bonchev–Trinajstić information content (AvgIpc) is 2.26. The van der Waals surface area contributed by atoms with Crippen LogP contribution in [0.2, 0.25) is 0 Å². The second kappa shape index (κ2) is 4.14. The van der Waals surface area contributed by atoms with E-state index in [1.54, 1.807) is 18.2 Å². The van der Waals surface area contributed by atoms with E-state index in [1.807, 2.05) is 12.1 Å². The maximum Gasteiger partial charge on any atom is 0.344 e. The normalized spacial score (nSPS) is 11.1. The molecule has 80 valence electrons. The van der Waals surface area contributed by atoms with Gasteiger partial charge < -0.3 is 4.42 Å². The molecule has 1 aromatic carbocycles. The molecule has 3 nitrogen and oxygen atoms in total. The van der Waals surface area contributed by atoms with E-state index in [1.165, 1.54) is 19.1 Å². The van der Waals surface area contributed by atoms with Crippen LogP contribution in [0, 0.1) is 0 Å². The summed E-state index contributed by atoms with van der Waals surface area (Å²) in [6.45, 7) is 1.44. The van der Waals surface area contributed by atoms with Crippen molar-refractivity contribution in [3.05, 3.63) is 52.6 Å². The second-order valence-electron chi connectivity index (χ2n) is 3.47. The SMILES string of the molecule is CC(=O)/C=C/c1cc2ccccc2c(=O)o1. The molecule has 2 aromatic rings. The number of carbonyl (C=O) groups is 1. The molecule has 1 aromatic heterocycles. The Labute approximate surface area is 92.0 Å². The van der Waals surface area contributed by atoms with E-state index < -0.39 is 0 Å². The molecule has 0 aliphatic heterocycles. The van der Waals surface area contributed by atoms with Crippen LogP contribution in [0.5, 0.6) is 0 Å². The molecule has 0 aliphatic rings. The summed E-state index contributed by atoms with van der Waals surface area (Å²) in [5.74, 6) is 0.301. The van der Waals surface area contributed by atoms with Gasteiger partial charge in [-0.25, -0.2) is 4.79 Å². The van der Waals surface area contributed by atoms with Crippen molar-refractivity contribution < 1.29 is 9.21 Å². The molecule has 0 N–H and O–H groups in total. The lowest BCUT2D eigenvalue weighted by Gasteiger charge is -1.96. The smallest absolute Gasteiger partial charge is 0.344 e. The first-order valence-corrected chi connectivity index (χ1v) is 4.88. The van der Waals surface area contributed by atoms with Gasteiger partial charge in [-0.05, 0) is 36.6 Å². The highest BCUT2D eigenvalue weighted by Gasteiger charge is 2.01. The molecule has 0 spiro atoms. The number of hydrogen-bond donors (Lipinski definition) is 0. The number of allylic oxidation sites excluding steroid dienone is 1. The van der Waals surface area contributed by atoms with E-state index in [2.05, 4.69) is 0 Å². The van der Waals surface area contributed by atoms with Crippen LogP contribution >= 0.6 is 0 Å². The van der Waals surface area contributed by atoms with Crippen molar-refractivity contribution in [2.45, 2.75) is 6.92 Å². The number of benzene rings is 1. The van der Waals surface area contributed by atoms with Crippen molar-refractivity contribution in [1.82, 2.24) is 0 Å². The fraction of sp³-hybridized carbons (Fsp3) is 0.0769. The highest BCUT2D eigenvalue weighted by Crippen LogP contribution is 2.12. The molecule has 16 heavy (non-hydrogen) atoms. The van der Waals surface area contributed by atoms with Gasteiger partial charge in [0.2, 0.25) is 0 Å². The summed E-state index contributed by atoms with van der Waals surface area (Å²) in [5, 5.41) is 1.35. The van der Waals surface area contributed by atoms with Crippen molar-refractivity contribution in [2.24, 2.45) is 0 Å². The van der Waals surface area contributed by atoms with Crippen LogP contribution in [0.15, 0.2) is 45.6 Å². The molecule has 0 saturated heterocycles. The quantitative estimate of drug-likeness (QED) is 0.721. The predicted molar refractivity (Wildman–Crippen MR) is 62.2 cm³/mol. The van der Waals surface area contributed by atoms with E-state index in [0.29, 0.717) is 11.1 Å². The molecule has 0 amide bonds. The van der Waals surface area contributed by atoms with Crippen molar-refractivity contribution in [2.75, 3.05) is 0 Å². The lowest BCUT2D eigenvalue weighted by Crippen LogP contribution is -1.99. The van der Waals surface area contributed by atoms with Gasteiger partial charge in [0.25, 0.3) is 0 Å². The molecule has 3 heteroatoms. The predicted octanol–water partition coefficient (Wildman–Crippen LogP) is 2.40. The van der Waals surface area contributed by atoms with Crippen molar-refractivity contribution >= 4 is 22.6 Å². The van der Waals surface area contributed by atoms with Gasteiger partial charge in [-0.3, -0.25) is 4.79 Å². The second-order valence-corrected chi connectivity index (χ2v) is 3.47. The van der Waals surface area contributed by atoms with E-state index in [-0.39, 0.29) is 11.4 Å². The average molecular weight is 214 g/mol. The van der Waals surface area contributed by atoms with Gasteiger partial charge in [0.15, 0.2) is 5.78 Å². The van der Waals surface area contributed by atoms with Crippen LogP contribution in [-0.2, 0) is 4.79 Å². The summed E-state index contributed by atoms with van der Waals surface area (Å²) in [6.07, 6.45) is 2.86. The molecule has 0 aliphatic carbocycles. The van der Waals surface area contributed by atoms with Crippen LogP contribution in [0.4, 0.5) is 0 Å². The Balaban J connectivity index is 2.58. The van der Waals surface area contributed by atoms with E-state index in [0.717, 1.165) is 5.39 Å². The first kappa shape index (κ1) is 10.4. The zero-order valence-corrected chi connectivity index (χ0v) is 8.77. The summed E-state index contributed by atoms with van der Waals surface area (Å²) in [4.78, 5) is 22.3. The highest BCUT2D eigenvalue weighted by molar-refractivity contribution is 5.91. The first-order valence-electron chi connectivity index (χ1n) is 4.88. The highest BCUT2D eigenvalue weighted by atomic mass is 16.4. The van der Waals surface area contributed by atoms with Crippen molar-refractivity contribution in [3.8, 4) is 0 Å². The Morgan fingerprint density at radius 3 is 2.81 bits per heavy atom. The van der Waals surface area contributed by atoms with E-state index in [9.17, 15) is 9.59 Å². The van der Waals surface area contributed by atoms with Crippen LogP contribution in [-0.4, -0.2) is 5.78 Å². The van der Waals surface area contributed by atoms with Crippen molar-refractivity contribution in [3.63, 3.8) is 0 Å². The molecule has 2 rings (SSSR count). The van der Waals surface area contributed by atoms with Gasteiger partial charge in [0.05, 0.1) is 5.39 Å². The monoisotopic (exact) mass is 214 g/mol. The topological polar surface area (TPSA) is 47.3 Å². The minimum absolute atomic E-state index is 0.0872. The fourth-order valence-corrected chi connectivity index (χ4v) is 1.44. The minimum Gasteiger partial charge on any atom is -0.423 e. The molecule has 0 atom stereocenters. The third-order valence-electron chi connectivity index (χ3n) is 2.17. The third kappa shape index (κ3) is 2.08. The van der Waals surface area contributed by atoms with Gasteiger partial charge in [-0.1, -0.05) is 18.2 Å². The maximum atomic E-state index is 11.6. The number of hydrogen-bond acceptors (Lipinski definition) is 3. The Morgan fingerprint density at radius 2 is 2.06 bits per heavy atom. The van der Waals surface area contributed by atoms with Gasteiger partial charge in [-0.2, -0.15) is 0 Å². The summed E-state index contributed by atoms with van der Waals surface area (Å²) >= 11 is 0. The van der Waals surface area contributed by atoms with E-state index >= 15 is 0 Å². The van der Waals surface area contributed by atoms with E-state index in [4.69, 9.17) is 4.42 Å². The summed E-state index contributed by atoms with van der Waals surface area (Å²) < 4.78 is 5.05. The Kier molecular flexibility index (Phi) is 2.68. The zero-order valence-electron chi connectivity index (χ0n) is 8.77. The van der Waals surface area contributed by atoms with Crippen LogP contribution in [0.25, 0.3) is 16.8 Å². The van der Waals surface area contributed by atoms with Crippen molar-refractivity contribution in [1.29, 1.82) is 0 Å². The zero-order chi connectivity index (χ0) is 11.5. The number of ketones is 1. The van der Waals surface area contributed by atoms with Gasteiger partial charge in [0, 0.05) is 0 Å². The van der Waals surface area contributed by atoms with Crippen LogP contribution in [0.1, 0.15) is 12.7 Å². The molecule has 0 radical (unpaired) electrons. The Bertz CT molecular complexity index is 620. The molecule has 1 heterocycles. The summed E-state index contributed by atoms with van der Waals surface area (Å²) in [7, 11) is 0. The number of carbonyl (C=O) groups excluding carboxylic acids is 1. The molecular formula is C13H10O3. The molecule has 0 unspecified atom stereocenters. The fourth-order valence-electron chi connectivity index (χ4n) is 1.44. The lowest BCUT2D eigenvalue weighted by molar-refractivity contribution is -0.112. The van der Waals surface area contributed by atoms with Gasteiger partial charge in [-0.15, -0.1) is 0 Å². The minimum atomic E-state index is -0.388. The standard InChI is InChI=1S/C13H10O3/c1-9(14)6-7-11-8-10-4-2-3-5-12(10)13(15)16-11/h2-8H,1H3/b7-6+. The number of rotatable bonds is 2. The first-order chi connectivity index (χ1) is 7.66. The lowest BCUT2D eigenvalue weighted by atomic mass is 10.1. The third-order valence-corrected chi connectivity index (χ3v) is 2.17. The summed E-state index contributed by atoms with van der Waals surface area (Å²) in [6, 6.07) is 8.90. The Hall–Kier alpha value is -2.16. The van der Waals surface area contributed by atoms with Crippen LogP contribution in [0.3, 0.4) is 0 Å². The largest absolute Gasteiger partial charge is 0.423 e. The Morgan fingerprint density at radius 1 is 1.31 bits per heavy atom. The molecule has 0 fully saturated rings. The van der Waals surface area contributed by atoms with Gasteiger partial charge >= 0.3 is 5.63 Å². The maximum absolute atomic E-state index is 11.6. The molecule has 0 saturated carbocycles. The molecular weight excluding hydrogens is 204 g/mol.